The monoisotopic (exact) mass is 298 g/mol. The predicted octanol–water partition coefficient (Wildman–Crippen LogP) is 4.50. The maximum atomic E-state index is 13.2. The minimum atomic E-state index is -4.70. The molecule has 0 aliphatic carbocycles. The third-order valence-electron chi connectivity index (χ3n) is 3.01. The molecule has 2 N–H and O–H groups in total. The van der Waals surface area contributed by atoms with Crippen LogP contribution in [0.5, 0.6) is 0 Å². The summed E-state index contributed by atoms with van der Waals surface area (Å²) in [5.41, 5.74) is 0.811. The largest absolute Gasteiger partial charge is 0.419 e. The molecule has 6 heteroatoms. The molecule has 0 fully saturated rings. The van der Waals surface area contributed by atoms with Crippen LogP contribution in [-0.2, 0) is 12.7 Å². The summed E-state index contributed by atoms with van der Waals surface area (Å²) in [5.74, 6) is -1.27. The van der Waals surface area contributed by atoms with Gasteiger partial charge in [0.25, 0.3) is 0 Å². The lowest BCUT2D eigenvalue weighted by molar-refractivity contribution is -0.139. The first kappa shape index (κ1) is 15.2. The first-order valence-electron chi connectivity index (χ1n) is 6.27. The summed E-state index contributed by atoms with van der Waals surface area (Å²) in [4.78, 5) is 0. The summed E-state index contributed by atoms with van der Waals surface area (Å²) in [7, 11) is 1.80. The average Bonchev–Trinajstić information content (AvgIpc) is 2.45. The number of benzene rings is 2. The summed E-state index contributed by atoms with van der Waals surface area (Å²) >= 11 is 0. The molecular formula is C15H14F4N2. The van der Waals surface area contributed by atoms with Crippen molar-refractivity contribution in [3.63, 3.8) is 0 Å². The smallest absolute Gasteiger partial charge is 0.388 e. The molecule has 0 saturated heterocycles. The molecule has 0 aliphatic rings. The summed E-state index contributed by atoms with van der Waals surface area (Å²) in [6.07, 6.45) is -4.70. The number of nitrogens with one attached hydrogen (secondary N) is 2. The second-order valence-corrected chi connectivity index (χ2v) is 4.49. The lowest BCUT2D eigenvalue weighted by Crippen LogP contribution is -2.09. The van der Waals surface area contributed by atoms with Crippen molar-refractivity contribution in [3.8, 4) is 0 Å². The Morgan fingerprint density at radius 2 is 1.57 bits per heavy atom. The number of halogens is 4. The Morgan fingerprint density at radius 1 is 0.952 bits per heavy atom. The van der Waals surface area contributed by atoms with Crippen LogP contribution < -0.4 is 10.6 Å². The van der Waals surface area contributed by atoms with E-state index in [-0.39, 0.29) is 5.69 Å². The molecule has 0 unspecified atom stereocenters. The Morgan fingerprint density at radius 3 is 2.14 bits per heavy atom. The second-order valence-electron chi connectivity index (χ2n) is 4.49. The van der Waals surface area contributed by atoms with Crippen molar-refractivity contribution in [2.24, 2.45) is 0 Å². The summed E-state index contributed by atoms with van der Waals surface area (Å²) in [5, 5.41) is 5.82. The van der Waals surface area contributed by atoms with Gasteiger partial charge < -0.3 is 10.6 Å². The van der Waals surface area contributed by atoms with Crippen LogP contribution in [0, 0.1) is 5.82 Å². The van der Waals surface area contributed by atoms with Crippen molar-refractivity contribution >= 4 is 11.4 Å². The summed E-state index contributed by atoms with van der Waals surface area (Å²) in [6, 6.07) is 10.3. The summed E-state index contributed by atoms with van der Waals surface area (Å²) < 4.78 is 51.0. The molecule has 2 nitrogen and oxygen atoms in total. The zero-order valence-electron chi connectivity index (χ0n) is 11.3. The van der Waals surface area contributed by atoms with Gasteiger partial charge >= 0.3 is 6.18 Å². The van der Waals surface area contributed by atoms with Gasteiger partial charge in [0.2, 0.25) is 0 Å². The molecular weight excluding hydrogens is 284 g/mol. The second kappa shape index (κ2) is 6.03. The standard InChI is InChI=1S/C15H14F4N2/c1-20-11-4-2-10(3-5-11)9-21-12-6-7-14(16)13(8-12)15(17,18)19/h2-8,20-21H,9H2,1H3. The van der Waals surface area contributed by atoms with Gasteiger partial charge in [-0.15, -0.1) is 0 Å². The van der Waals surface area contributed by atoms with Gasteiger partial charge in [0, 0.05) is 25.0 Å². The Kier molecular flexibility index (Phi) is 4.35. The predicted molar refractivity (Wildman–Crippen MR) is 74.7 cm³/mol. The highest BCUT2D eigenvalue weighted by atomic mass is 19.4. The molecule has 2 aromatic rings. The van der Waals surface area contributed by atoms with Crippen LogP contribution in [0.2, 0.25) is 0 Å². The fourth-order valence-electron chi connectivity index (χ4n) is 1.85. The quantitative estimate of drug-likeness (QED) is 0.812. The molecule has 0 spiro atoms. The van der Waals surface area contributed by atoms with Crippen LogP contribution in [0.1, 0.15) is 11.1 Å². The van der Waals surface area contributed by atoms with E-state index in [0.717, 1.165) is 23.4 Å². The lowest BCUT2D eigenvalue weighted by atomic mass is 10.1. The minimum Gasteiger partial charge on any atom is -0.388 e. The molecule has 112 valence electrons. The topological polar surface area (TPSA) is 24.1 Å². The van der Waals surface area contributed by atoms with Crippen LogP contribution >= 0.6 is 0 Å². The number of hydrogen-bond acceptors (Lipinski definition) is 2. The van der Waals surface area contributed by atoms with E-state index in [1.807, 2.05) is 24.3 Å². The number of anilines is 2. The fraction of sp³-hybridized carbons (Fsp3) is 0.200. The first-order valence-corrected chi connectivity index (χ1v) is 6.27. The van der Waals surface area contributed by atoms with Gasteiger partial charge in [0.15, 0.2) is 0 Å². The van der Waals surface area contributed by atoms with Crippen molar-refractivity contribution in [1.29, 1.82) is 0 Å². The minimum absolute atomic E-state index is 0.224. The van der Waals surface area contributed by atoms with E-state index < -0.39 is 17.6 Å². The van der Waals surface area contributed by atoms with E-state index in [1.54, 1.807) is 7.05 Å². The van der Waals surface area contributed by atoms with Gasteiger partial charge in [-0.05, 0) is 35.9 Å². The van der Waals surface area contributed by atoms with Gasteiger partial charge in [0.05, 0.1) is 5.56 Å². The van der Waals surface area contributed by atoms with E-state index in [0.29, 0.717) is 6.54 Å². The number of rotatable bonds is 4. The van der Waals surface area contributed by atoms with Crippen LogP contribution in [0.4, 0.5) is 28.9 Å². The molecule has 2 rings (SSSR count). The molecule has 21 heavy (non-hydrogen) atoms. The average molecular weight is 298 g/mol. The molecule has 0 saturated carbocycles. The highest BCUT2D eigenvalue weighted by Gasteiger charge is 2.34. The van der Waals surface area contributed by atoms with Crippen molar-refractivity contribution in [1.82, 2.24) is 0 Å². The molecule has 0 radical (unpaired) electrons. The Labute approximate surface area is 119 Å². The zero-order valence-corrected chi connectivity index (χ0v) is 11.3. The van der Waals surface area contributed by atoms with Crippen molar-refractivity contribution in [2.75, 3.05) is 17.7 Å². The van der Waals surface area contributed by atoms with Crippen LogP contribution in [-0.4, -0.2) is 7.05 Å². The molecule has 2 aromatic carbocycles. The van der Waals surface area contributed by atoms with Crippen molar-refractivity contribution in [2.45, 2.75) is 12.7 Å². The van der Waals surface area contributed by atoms with Gasteiger partial charge in [-0.2, -0.15) is 13.2 Å². The molecule has 0 bridgehead atoms. The third kappa shape index (κ3) is 3.87. The van der Waals surface area contributed by atoms with Gasteiger partial charge in [-0.25, -0.2) is 4.39 Å². The SMILES string of the molecule is CNc1ccc(CNc2ccc(F)c(C(F)(F)F)c2)cc1. The van der Waals surface area contributed by atoms with E-state index in [4.69, 9.17) is 0 Å². The molecule has 0 aliphatic heterocycles. The van der Waals surface area contributed by atoms with Gasteiger partial charge in [-0.3, -0.25) is 0 Å². The van der Waals surface area contributed by atoms with E-state index in [2.05, 4.69) is 10.6 Å². The van der Waals surface area contributed by atoms with Crippen molar-refractivity contribution in [3.05, 3.63) is 59.4 Å². The molecule has 0 amide bonds. The first-order chi connectivity index (χ1) is 9.90. The van der Waals surface area contributed by atoms with Gasteiger partial charge in [-0.1, -0.05) is 12.1 Å². The Bertz CT molecular complexity index is 606. The van der Waals surface area contributed by atoms with Crippen LogP contribution in [0.15, 0.2) is 42.5 Å². The molecule has 0 heterocycles. The molecule has 0 atom stereocenters. The third-order valence-corrected chi connectivity index (χ3v) is 3.01. The lowest BCUT2D eigenvalue weighted by Gasteiger charge is -2.12. The zero-order chi connectivity index (χ0) is 15.5. The van der Waals surface area contributed by atoms with E-state index in [9.17, 15) is 17.6 Å². The maximum Gasteiger partial charge on any atom is 0.419 e. The Balaban J connectivity index is 2.09. The van der Waals surface area contributed by atoms with E-state index >= 15 is 0 Å². The van der Waals surface area contributed by atoms with Crippen LogP contribution in [0.25, 0.3) is 0 Å². The summed E-state index contributed by atoms with van der Waals surface area (Å²) in [6.45, 7) is 0.354. The van der Waals surface area contributed by atoms with Gasteiger partial charge in [0.1, 0.15) is 5.82 Å². The highest BCUT2D eigenvalue weighted by Crippen LogP contribution is 2.33. The number of hydrogen-bond donors (Lipinski definition) is 2. The normalized spacial score (nSPS) is 11.3. The molecule has 0 aromatic heterocycles. The fourth-order valence-corrected chi connectivity index (χ4v) is 1.85. The number of alkyl halides is 3. The maximum absolute atomic E-state index is 13.2. The van der Waals surface area contributed by atoms with Crippen LogP contribution in [0.3, 0.4) is 0 Å². The van der Waals surface area contributed by atoms with Crippen molar-refractivity contribution < 1.29 is 17.6 Å². The van der Waals surface area contributed by atoms with E-state index in [1.165, 1.54) is 6.07 Å². The highest BCUT2D eigenvalue weighted by molar-refractivity contribution is 5.49. The Hall–Kier alpha value is -2.24.